The third-order valence-corrected chi connectivity index (χ3v) is 6.64. The second-order valence-electron chi connectivity index (χ2n) is 8.32. The number of allylic oxidation sites excluding steroid dienone is 2. The van der Waals surface area contributed by atoms with Gasteiger partial charge in [0.25, 0.3) is 0 Å². The fourth-order valence-electron chi connectivity index (χ4n) is 5.11. The predicted molar refractivity (Wildman–Crippen MR) is 108 cm³/mol. The molecule has 2 aromatic rings. The van der Waals surface area contributed by atoms with Crippen LogP contribution in [-0.4, -0.2) is 33.7 Å². The van der Waals surface area contributed by atoms with Crippen molar-refractivity contribution in [3.63, 3.8) is 0 Å². The van der Waals surface area contributed by atoms with E-state index in [0.717, 1.165) is 11.7 Å². The molecule has 1 aliphatic carbocycles. The summed E-state index contributed by atoms with van der Waals surface area (Å²) in [6, 6.07) is 12.0. The number of hydrogen-bond donors (Lipinski definition) is 1. The van der Waals surface area contributed by atoms with Gasteiger partial charge < -0.3 is 14.6 Å². The zero-order chi connectivity index (χ0) is 18.1. The molecule has 1 saturated carbocycles. The van der Waals surface area contributed by atoms with Crippen LogP contribution in [0.3, 0.4) is 0 Å². The normalized spacial score (nSPS) is 22.9. The van der Waals surface area contributed by atoms with Crippen molar-refractivity contribution in [3.05, 3.63) is 47.2 Å². The van der Waals surface area contributed by atoms with Crippen LogP contribution in [0.1, 0.15) is 64.1 Å². The summed E-state index contributed by atoms with van der Waals surface area (Å²) in [7, 11) is 0. The second kappa shape index (κ2) is 7.58. The Hall–Kier alpha value is -1.58. The van der Waals surface area contributed by atoms with Crippen LogP contribution in [0.5, 0.6) is 0 Å². The third kappa shape index (κ3) is 3.35. The van der Waals surface area contributed by atoms with Crippen molar-refractivity contribution in [1.29, 1.82) is 0 Å². The Labute approximate surface area is 157 Å². The van der Waals surface area contributed by atoms with E-state index in [0.29, 0.717) is 6.04 Å². The number of piperidine rings is 1. The first-order valence-corrected chi connectivity index (χ1v) is 10.3. The van der Waals surface area contributed by atoms with Crippen molar-refractivity contribution in [2.45, 2.75) is 71.1 Å². The van der Waals surface area contributed by atoms with E-state index in [4.69, 9.17) is 0 Å². The van der Waals surface area contributed by atoms with Crippen LogP contribution in [0, 0.1) is 0 Å². The van der Waals surface area contributed by atoms with Crippen molar-refractivity contribution in [1.82, 2.24) is 9.47 Å². The summed E-state index contributed by atoms with van der Waals surface area (Å²) in [6.07, 6.45) is 7.64. The summed E-state index contributed by atoms with van der Waals surface area (Å²) in [6.45, 7) is 7.04. The van der Waals surface area contributed by atoms with Gasteiger partial charge in [-0.3, -0.25) is 0 Å². The van der Waals surface area contributed by atoms with E-state index in [9.17, 15) is 5.11 Å². The van der Waals surface area contributed by atoms with Gasteiger partial charge in [0.2, 0.25) is 0 Å². The Morgan fingerprint density at radius 1 is 1.00 bits per heavy atom. The van der Waals surface area contributed by atoms with Gasteiger partial charge in [0.1, 0.15) is 0 Å². The molecule has 140 valence electrons. The molecule has 0 atom stereocenters. The topological polar surface area (TPSA) is 28.4 Å². The van der Waals surface area contributed by atoms with Crippen molar-refractivity contribution < 1.29 is 5.11 Å². The second-order valence-corrected chi connectivity index (χ2v) is 8.32. The molecule has 4 rings (SSSR count). The van der Waals surface area contributed by atoms with Crippen LogP contribution in [0.25, 0.3) is 10.9 Å². The maximum Gasteiger partial charge on any atom is 0.0833 e. The minimum atomic E-state index is 0.128. The van der Waals surface area contributed by atoms with E-state index in [1.807, 2.05) is 0 Å². The number of hydrogen-bond acceptors (Lipinski definition) is 2. The number of para-hydroxylation sites is 1. The third-order valence-electron chi connectivity index (χ3n) is 6.64. The Balaban J connectivity index is 1.44. The molecule has 0 spiro atoms. The van der Waals surface area contributed by atoms with Crippen molar-refractivity contribution >= 4 is 10.9 Å². The minimum absolute atomic E-state index is 0.128. The highest BCUT2D eigenvalue weighted by atomic mass is 16.3. The van der Waals surface area contributed by atoms with E-state index >= 15 is 0 Å². The lowest BCUT2D eigenvalue weighted by Crippen LogP contribution is -2.43. The smallest absolute Gasteiger partial charge is 0.0833 e. The molecule has 1 aromatic carbocycles. The molecule has 1 aliphatic heterocycles. The summed E-state index contributed by atoms with van der Waals surface area (Å²) in [4.78, 5) is 2.74. The number of aliphatic hydroxyl groups is 1. The van der Waals surface area contributed by atoms with Crippen molar-refractivity contribution in [2.75, 3.05) is 13.1 Å². The lowest BCUT2D eigenvalue weighted by atomic mass is 9.86. The van der Waals surface area contributed by atoms with E-state index < -0.39 is 0 Å². The molecule has 0 unspecified atom stereocenters. The minimum Gasteiger partial charge on any atom is -0.390 e. The molecule has 1 N–H and O–H groups in total. The van der Waals surface area contributed by atoms with Gasteiger partial charge in [-0.05, 0) is 69.9 Å². The maximum absolute atomic E-state index is 9.84. The number of likely N-dealkylation sites (tertiary alicyclic amines) is 1. The van der Waals surface area contributed by atoms with Crippen LogP contribution in [-0.2, 0) is 6.61 Å². The van der Waals surface area contributed by atoms with Crippen LogP contribution < -0.4 is 0 Å². The van der Waals surface area contributed by atoms with Gasteiger partial charge in [-0.1, -0.05) is 29.3 Å². The number of rotatable bonds is 3. The first-order chi connectivity index (χ1) is 12.7. The van der Waals surface area contributed by atoms with E-state index in [-0.39, 0.29) is 6.61 Å². The standard InChI is InChI=1S/C23H32N2O/c1-17(2)18-7-9-20(10-8-18)24-13-11-21(12-14-24)25-22(16-26)15-19-5-3-4-6-23(19)25/h3-6,15,20-21,26H,7-14,16H2,1-2H3. The summed E-state index contributed by atoms with van der Waals surface area (Å²) in [5.41, 5.74) is 5.58. The van der Waals surface area contributed by atoms with Gasteiger partial charge in [-0.25, -0.2) is 0 Å². The van der Waals surface area contributed by atoms with Gasteiger partial charge in [-0.15, -0.1) is 0 Å². The molecular formula is C23H32N2O. The Morgan fingerprint density at radius 2 is 1.69 bits per heavy atom. The van der Waals surface area contributed by atoms with Crippen LogP contribution in [0.15, 0.2) is 41.5 Å². The number of aromatic nitrogens is 1. The zero-order valence-corrected chi connectivity index (χ0v) is 16.2. The quantitative estimate of drug-likeness (QED) is 0.783. The van der Waals surface area contributed by atoms with E-state index in [2.05, 4.69) is 53.6 Å². The number of nitrogens with zero attached hydrogens (tertiary/aromatic N) is 2. The Morgan fingerprint density at radius 3 is 2.35 bits per heavy atom. The van der Waals surface area contributed by atoms with Gasteiger partial charge in [0.15, 0.2) is 0 Å². The van der Waals surface area contributed by atoms with Gasteiger partial charge in [-0.2, -0.15) is 0 Å². The Kier molecular flexibility index (Phi) is 5.19. The average molecular weight is 353 g/mol. The molecule has 0 bridgehead atoms. The lowest BCUT2D eigenvalue weighted by molar-refractivity contribution is 0.115. The molecule has 1 saturated heterocycles. The van der Waals surface area contributed by atoms with E-state index in [1.165, 1.54) is 68.1 Å². The highest BCUT2D eigenvalue weighted by molar-refractivity contribution is 5.81. The van der Waals surface area contributed by atoms with Gasteiger partial charge in [0, 0.05) is 36.4 Å². The predicted octanol–water partition coefficient (Wildman–Crippen LogP) is 5.05. The first-order valence-electron chi connectivity index (χ1n) is 10.3. The molecule has 0 radical (unpaired) electrons. The molecule has 2 heterocycles. The maximum atomic E-state index is 9.84. The van der Waals surface area contributed by atoms with Crippen LogP contribution >= 0.6 is 0 Å². The van der Waals surface area contributed by atoms with Gasteiger partial charge >= 0.3 is 0 Å². The van der Waals surface area contributed by atoms with Gasteiger partial charge in [0.05, 0.1) is 6.61 Å². The molecule has 26 heavy (non-hydrogen) atoms. The first kappa shape index (κ1) is 17.8. The van der Waals surface area contributed by atoms with Crippen LogP contribution in [0.4, 0.5) is 0 Å². The summed E-state index contributed by atoms with van der Waals surface area (Å²) >= 11 is 0. The monoisotopic (exact) mass is 352 g/mol. The summed E-state index contributed by atoms with van der Waals surface area (Å²) in [5, 5.41) is 11.1. The molecule has 1 aromatic heterocycles. The highest BCUT2D eigenvalue weighted by Gasteiger charge is 2.29. The molecule has 2 fully saturated rings. The lowest BCUT2D eigenvalue weighted by Gasteiger charge is -2.40. The largest absolute Gasteiger partial charge is 0.390 e. The molecule has 3 heteroatoms. The van der Waals surface area contributed by atoms with Crippen molar-refractivity contribution in [2.24, 2.45) is 0 Å². The number of benzene rings is 1. The zero-order valence-electron chi connectivity index (χ0n) is 16.2. The SMILES string of the molecule is CC(C)=C1CCC(N2CCC(n3c(CO)cc4ccccc43)CC2)CC1. The number of fused-ring (bicyclic) bond motifs is 1. The fraction of sp³-hybridized carbons (Fsp3) is 0.565. The average Bonchev–Trinajstić information content (AvgIpc) is 3.07. The molecule has 2 aliphatic rings. The van der Waals surface area contributed by atoms with Crippen LogP contribution in [0.2, 0.25) is 0 Å². The molecule has 0 amide bonds. The highest BCUT2D eigenvalue weighted by Crippen LogP contribution is 2.34. The molecule has 3 nitrogen and oxygen atoms in total. The fourth-order valence-corrected chi connectivity index (χ4v) is 5.11. The van der Waals surface area contributed by atoms with Crippen molar-refractivity contribution in [3.8, 4) is 0 Å². The summed E-state index contributed by atoms with van der Waals surface area (Å²) < 4.78 is 2.41. The van der Waals surface area contributed by atoms with E-state index in [1.54, 1.807) is 5.57 Å². The molecular weight excluding hydrogens is 320 g/mol. The number of aliphatic hydroxyl groups excluding tert-OH is 1. The summed E-state index contributed by atoms with van der Waals surface area (Å²) in [5.74, 6) is 0. The Bertz CT molecular complexity index is 782.